The lowest BCUT2D eigenvalue weighted by Crippen LogP contribution is -2.39. The maximum atomic E-state index is 13.4. The molecule has 0 bridgehead atoms. The van der Waals surface area contributed by atoms with Gasteiger partial charge in [-0.1, -0.05) is 42.5 Å². The van der Waals surface area contributed by atoms with Crippen molar-refractivity contribution in [2.24, 2.45) is 7.05 Å². The Bertz CT molecular complexity index is 1440. The lowest BCUT2D eigenvalue weighted by molar-refractivity contribution is -0.122. The van der Waals surface area contributed by atoms with Gasteiger partial charge in [-0.15, -0.1) is 0 Å². The molecule has 2 aliphatic heterocycles. The van der Waals surface area contributed by atoms with Crippen LogP contribution in [0.4, 0.5) is 0 Å². The molecule has 2 amide bonds. The molecule has 3 aromatic carbocycles. The van der Waals surface area contributed by atoms with Crippen molar-refractivity contribution in [3.05, 3.63) is 95.2 Å². The maximum Gasteiger partial charge on any atom is 0.255 e. The van der Waals surface area contributed by atoms with E-state index in [4.69, 9.17) is 9.47 Å². The van der Waals surface area contributed by atoms with Crippen LogP contribution < -0.4 is 14.8 Å². The molecule has 7 nitrogen and oxygen atoms in total. The number of hydrogen-bond donors (Lipinski definition) is 1. The number of fused-ring (bicyclic) bond motifs is 3. The summed E-state index contributed by atoms with van der Waals surface area (Å²) in [5.74, 6) is 1.03. The lowest BCUT2D eigenvalue weighted by Gasteiger charge is -2.25. The SMILES string of the molecule is Cn1cc([C@H]2c3ccccc3C(=O)N2CC(=O)NCc2ccc3c(c2)OCO3)c2ccccc21. The summed E-state index contributed by atoms with van der Waals surface area (Å²) in [6.07, 6.45) is 2.06. The van der Waals surface area contributed by atoms with E-state index < -0.39 is 0 Å². The summed E-state index contributed by atoms with van der Waals surface area (Å²) in [5, 5.41) is 4.02. The molecular weight excluding hydrogens is 430 g/mol. The third-order valence-electron chi connectivity index (χ3n) is 6.52. The Morgan fingerprint density at radius 2 is 1.79 bits per heavy atom. The number of carbonyl (C=O) groups excluding carboxylic acids is 2. The summed E-state index contributed by atoms with van der Waals surface area (Å²) in [5.41, 5.74) is 4.57. The van der Waals surface area contributed by atoms with E-state index in [1.54, 1.807) is 4.90 Å². The minimum absolute atomic E-state index is 0.0358. The normalized spacial score (nSPS) is 16.2. The molecule has 0 fully saturated rings. The van der Waals surface area contributed by atoms with Gasteiger partial charge in [-0.05, 0) is 35.4 Å². The molecular formula is C27H23N3O4. The minimum atomic E-state index is -0.328. The van der Waals surface area contributed by atoms with E-state index in [-0.39, 0.29) is 31.2 Å². The summed E-state index contributed by atoms with van der Waals surface area (Å²) < 4.78 is 12.8. The first kappa shape index (κ1) is 20.4. The number of aryl methyl sites for hydroxylation is 1. The van der Waals surface area contributed by atoms with Gasteiger partial charge in [-0.25, -0.2) is 0 Å². The van der Waals surface area contributed by atoms with Crippen molar-refractivity contribution >= 4 is 22.7 Å². The second-order valence-electron chi connectivity index (χ2n) is 8.60. The van der Waals surface area contributed by atoms with E-state index in [0.29, 0.717) is 23.6 Å². The van der Waals surface area contributed by atoms with E-state index in [9.17, 15) is 9.59 Å². The third-order valence-corrected chi connectivity index (χ3v) is 6.52. The maximum absolute atomic E-state index is 13.4. The predicted octanol–water partition coefficient (Wildman–Crippen LogP) is 3.77. The van der Waals surface area contributed by atoms with Gasteiger partial charge >= 0.3 is 0 Å². The largest absolute Gasteiger partial charge is 0.454 e. The van der Waals surface area contributed by atoms with Crippen LogP contribution in [0.1, 0.15) is 33.1 Å². The Labute approximate surface area is 196 Å². The van der Waals surface area contributed by atoms with Crippen LogP contribution in [0.2, 0.25) is 0 Å². The minimum Gasteiger partial charge on any atom is -0.454 e. The van der Waals surface area contributed by atoms with Crippen LogP contribution in [0.15, 0.2) is 72.9 Å². The summed E-state index contributed by atoms with van der Waals surface area (Å²) in [7, 11) is 2.00. The fourth-order valence-corrected chi connectivity index (χ4v) is 4.92. The molecule has 170 valence electrons. The number of nitrogens with zero attached hydrogens (tertiary/aromatic N) is 2. The van der Waals surface area contributed by atoms with Crippen molar-refractivity contribution in [3.63, 3.8) is 0 Å². The van der Waals surface area contributed by atoms with Gasteiger partial charge in [0.1, 0.15) is 6.54 Å². The summed E-state index contributed by atoms with van der Waals surface area (Å²) >= 11 is 0. The topological polar surface area (TPSA) is 72.8 Å². The Morgan fingerprint density at radius 1 is 1.00 bits per heavy atom. The first-order chi connectivity index (χ1) is 16.6. The summed E-state index contributed by atoms with van der Waals surface area (Å²) in [4.78, 5) is 28.0. The molecule has 1 aromatic heterocycles. The number of benzene rings is 3. The Balaban J connectivity index is 1.28. The molecule has 1 N–H and O–H groups in total. The average molecular weight is 453 g/mol. The molecule has 0 saturated heterocycles. The Kier molecular flexibility index (Phi) is 4.76. The number of nitrogens with one attached hydrogen (secondary N) is 1. The smallest absolute Gasteiger partial charge is 0.255 e. The molecule has 0 spiro atoms. The number of hydrogen-bond acceptors (Lipinski definition) is 4. The molecule has 2 aliphatic rings. The van der Waals surface area contributed by atoms with Gasteiger partial charge in [0.05, 0.1) is 6.04 Å². The van der Waals surface area contributed by atoms with Crippen LogP contribution in [-0.4, -0.2) is 34.6 Å². The van der Waals surface area contributed by atoms with Crippen LogP contribution in [0, 0.1) is 0 Å². The molecule has 3 heterocycles. The molecule has 7 heteroatoms. The number of ether oxygens (including phenoxy) is 2. The fraction of sp³-hybridized carbons (Fsp3) is 0.185. The molecule has 0 saturated carbocycles. The van der Waals surface area contributed by atoms with Gasteiger partial charge in [0.2, 0.25) is 12.7 Å². The van der Waals surface area contributed by atoms with Crippen molar-refractivity contribution in [2.75, 3.05) is 13.3 Å². The van der Waals surface area contributed by atoms with Crippen LogP contribution >= 0.6 is 0 Å². The van der Waals surface area contributed by atoms with E-state index in [0.717, 1.165) is 27.6 Å². The van der Waals surface area contributed by atoms with Gasteiger partial charge in [0.25, 0.3) is 5.91 Å². The highest BCUT2D eigenvalue weighted by Gasteiger charge is 2.39. The number of carbonyl (C=O) groups is 2. The van der Waals surface area contributed by atoms with E-state index in [1.807, 2.05) is 61.6 Å². The first-order valence-electron chi connectivity index (χ1n) is 11.2. The van der Waals surface area contributed by atoms with E-state index in [2.05, 4.69) is 28.2 Å². The molecule has 0 unspecified atom stereocenters. The highest BCUT2D eigenvalue weighted by molar-refractivity contribution is 6.02. The first-order valence-corrected chi connectivity index (χ1v) is 11.2. The van der Waals surface area contributed by atoms with Crippen molar-refractivity contribution in [1.29, 1.82) is 0 Å². The van der Waals surface area contributed by atoms with Crippen molar-refractivity contribution in [3.8, 4) is 11.5 Å². The van der Waals surface area contributed by atoms with Gasteiger partial charge in [-0.2, -0.15) is 0 Å². The van der Waals surface area contributed by atoms with Gasteiger partial charge in [0, 0.05) is 41.8 Å². The zero-order valence-corrected chi connectivity index (χ0v) is 18.7. The van der Waals surface area contributed by atoms with Gasteiger partial charge in [0.15, 0.2) is 11.5 Å². The third kappa shape index (κ3) is 3.28. The quantitative estimate of drug-likeness (QED) is 0.499. The molecule has 0 aliphatic carbocycles. The van der Waals surface area contributed by atoms with Crippen LogP contribution in [0.3, 0.4) is 0 Å². The molecule has 1 atom stereocenters. The molecule has 4 aromatic rings. The predicted molar refractivity (Wildman–Crippen MR) is 127 cm³/mol. The van der Waals surface area contributed by atoms with Crippen molar-refractivity contribution in [1.82, 2.24) is 14.8 Å². The van der Waals surface area contributed by atoms with Crippen LogP contribution in [-0.2, 0) is 18.4 Å². The highest BCUT2D eigenvalue weighted by Crippen LogP contribution is 2.41. The standard InChI is InChI=1S/C27H23N3O4/c1-29-14-21(18-6-4-5-9-22(18)29)26-19-7-2-3-8-20(19)27(32)30(26)15-25(31)28-13-17-10-11-23-24(12-17)34-16-33-23/h2-12,14,26H,13,15-16H2,1H3,(H,28,31)/t26-/m1/s1. The van der Waals surface area contributed by atoms with Crippen molar-refractivity contribution < 1.29 is 19.1 Å². The molecule has 6 rings (SSSR count). The van der Waals surface area contributed by atoms with Crippen LogP contribution in [0.25, 0.3) is 10.9 Å². The van der Waals surface area contributed by atoms with Crippen LogP contribution in [0.5, 0.6) is 11.5 Å². The van der Waals surface area contributed by atoms with E-state index in [1.165, 1.54) is 0 Å². The van der Waals surface area contributed by atoms with Gasteiger partial charge < -0.3 is 24.3 Å². The number of rotatable bonds is 5. The second kappa shape index (κ2) is 7.95. The van der Waals surface area contributed by atoms with Gasteiger partial charge in [-0.3, -0.25) is 9.59 Å². The number of para-hydroxylation sites is 1. The lowest BCUT2D eigenvalue weighted by atomic mass is 9.97. The average Bonchev–Trinajstić information content (AvgIpc) is 3.53. The fourth-order valence-electron chi connectivity index (χ4n) is 4.92. The van der Waals surface area contributed by atoms with Crippen molar-refractivity contribution in [2.45, 2.75) is 12.6 Å². The zero-order valence-electron chi connectivity index (χ0n) is 18.7. The molecule has 0 radical (unpaired) electrons. The zero-order chi connectivity index (χ0) is 23.2. The Morgan fingerprint density at radius 3 is 2.71 bits per heavy atom. The number of aromatic nitrogens is 1. The Hall–Kier alpha value is -4.26. The molecule has 34 heavy (non-hydrogen) atoms. The summed E-state index contributed by atoms with van der Waals surface area (Å²) in [6.45, 7) is 0.508. The monoisotopic (exact) mass is 453 g/mol. The van der Waals surface area contributed by atoms with E-state index >= 15 is 0 Å². The second-order valence-corrected chi connectivity index (χ2v) is 8.60. The highest BCUT2D eigenvalue weighted by atomic mass is 16.7. The summed E-state index contributed by atoms with van der Waals surface area (Å²) in [6, 6.07) is 21.0. The number of amides is 2.